The van der Waals surface area contributed by atoms with Crippen molar-refractivity contribution in [2.75, 3.05) is 6.26 Å². The monoisotopic (exact) mass is 295 g/mol. The molecule has 1 aromatic rings. The van der Waals surface area contributed by atoms with Crippen LogP contribution in [0.15, 0.2) is 5.16 Å². The van der Waals surface area contributed by atoms with Crippen molar-refractivity contribution in [3.05, 3.63) is 17.0 Å². The van der Waals surface area contributed by atoms with Crippen LogP contribution in [0.3, 0.4) is 0 Å². The van der Waals surface area contributed by atoms with E-state index in [1.54, 1.807) is 11.8 Å². The molecule has 0 fully saturated rings. The van der Waals surface area contributed by atoms with Gasteiger partial charge in [-0.2, -0.15) is 0 Å². The minimum atomic E-state index is 0.110. The van der Waals surface area contributed by atoms with Gasteiger partial charge < -0.3 is 5.32 Å². The van der Waals surface area contributed by atoms with Crippen molar-refractivity contribution in [1.82, 2.24) is 15.3 Å². The number of aromatic nitrogens is 2. The second-order valence-electron chi connectivity index (χ2n) is 5.12. The van der Waals surface area contributed by atoms with Gasteiger partial charge in [-0.3, -0.25) is 4.79 Å². The van der Waals surface area contributed by atoms with E-state index in [1.807, 2.05) is 27.0 Å². The average molecular weight is 295 g/mol. The second kappa shape index (κ2) is 8.25. The molecule has 4 nitrogen and oxygen atoms in total. The van der Waals surface area contributed by atoms with Crippen molar-refractivity contribution in [3.8, 4) is 0 Å². The largest absolute Gasteiger partial charge is 0.354 e. The summed E-state index contributed by atoms with van der Waals surface area (Å²) in [5, 5.41) is 3.82. The topological polar surface area (TPSA) is 54.9 Å². The highest BCUT2D eigenvalue weighted by atomic mass is 32.2. The number of carbonyl (C=O) groups is 1. The maximum Gasteiger partial charge on any atom is 0.220 e. The SMILES string of the molecule is CCCC(C)NC(=O)CCc1c(C)nc(SC)nc1C. The van der Waals surface area contributed by atoms with Crippen LogP contribution in [0, 0.1) is 13.8 Å². The summed E-state index contributed by atoms with van der Waals surface area (Å²) in [6.07, 6.45) is 5.28. The number of thioether (sulfide) groups is 1. The van der Waals surface area contributed by atoms with Gasteiger partial charge in [0.25, 0.3) is 0 Å². The summed E-state index contributed by atoms with van der Waals surface area (Å²) in [6.45, 7) is 8.15. The van der Waals surface area contributed by atoms with E-state index in [1.165, 1.54) is 0 Å². The number of nitrogens with one attached hydrogen (secondary N) is 1. The molecule has 0 saturated carbocycles. The van der Waals surface area contributed by atoms with Crippen LogP contribution in [0.4, 0.5) is 0 Å². The van der Waals surface area contributed by atoms with Gasteiger partial charge in [-0.1, -0.05) is 25.1 Å². The van der Waals surface area contributed by atoms with E-state index in [2.05, 4.69) is 22.2 Å². The maximum absolute atomic E-state index is 11.9. The molecule has 1 unspecified atom stereocenters. The summed E-state index contributed by atoms with van der Waals surface area (Å²) in [6, 6.07) is 0.254. The van der Waals surface area contributed by atoms with Gasteiger partial charge in [-0.15, -0.1) is 0 Å². The van der Waals surface area contributed by atoms with Crippen molar-refractivity contribution in [2.45, 2.75) is 64.6 Å². The summed E-state index contributed by atoms with van der Waals surface area (Å²) >= 11 is 1.54. The van der Waals surface area contributed by atoms with E-state index in [-0.39, 0.29) is 11.9 Å². The third kappa shape index (κ3) is 5.12. The third-order valence-corrected chi connectivity index (χ3v) is 3.86. The number of hydrogen-bond donors (Lipinski definition) is 1. The van der Waals surface area contributed by atoms with Gasteiger partial charge in [-0.05, 0) is 45.4 Å². The molecule has 0 aliphatic heterocycles. The summed E-state index contributed by atoms with van der Waals surface area (Å²) in [5.41, 5.74) is 3.06. The molecule has 1 N–H and O–H groups in total. The first-order valence-electron chi connectivity index (χ1n) is 7.15. The zero-order valence-electron chi connectivity index (χ0n) is 13.1. The number of nitrogens with zero attached hydrogens (tertiary/aromatic N) is 2. The van der Waals surface area contributed by atoms with Gasteiger partial charge in [0.05, 0.1) is 0 Å². The Kier molecular flexibility index (Phi) is 6.99. The molecule has 0 aliphatic rings. The summed E-state index contributed by atoms with van der Waals surface area (Å²) < 4.78 is 0. The highest BCUT2D eigenvalue weighted by molar-refractivity contribution is 7.98. The molecule has 0 radical (unpaired) electrons. The van der Waals surface area contributed by atoms with Gasteiger partial charge in [0.1, 0.15) is 0 Å². The molecule has 20 heavy (non-hydrogen) atoms. The van der Waals surface area contributed by atoms with Crippen molar-refractivity contribution in [1.29, 1.82) is 0 Å². The quantitative estimate of drug-likeness (QED) is 0.620. The number of amides is 1. The Balaban J connectivity index is 2.59. The maximum atomic E-state index is 11.9. The van der Waals surface area contributed by atoms with Crippen molar-refractivity contribution < 1.29 is 4.79 Å². The lowest BCUT2D eigenvalue weighted by molar-refractivity contribution is -0.121. The molecule has 0 spiro atoms. The van der Waals surface area contributed by atoms with Gasteiger partial charge in [0.2, 0.25) is 5.91 Å². The smallest absolute Gasteiger partial charge is 0.220 e. The molecule has 0 aromatic carbocycles. The molecule has 0 bridgehead atoms. The van der Waals surface area contributed by atoms with Crippen LogP contribution < -0.4 is 5.32 Å². The van der Waals surface area contributed by atoms with Crippen LogP contribution in [-0.2, 0) is 11.2 Å². The molecular formula is C15H25N3OS. The minimum absolute atomic E-state index is 0.110. The molecule has 1 aromatic heterocycles. The second-order valence-corrected chi connectivity index (χ2v) is 5.89. The van der Waals surface area contributed by atoms with Crippen LogP contribution in [0.5, 0.6) is 0 Å². The molecule has 1 heterocycles. The molecule has 5 heteroatoms. The van der Waals surface area contributed by atoms with Gasteiger partial charge in [0, 0.05) is 23.9 Å². The Morgan fingerprint density at radius 1 is 1.30 bits per heavy atom. The number of hydrogen-bond acceptors (Lipinski definition) is 4. The Morgan fingerprint density at radius 3 is 2.40 bits per heavy atom. The Labute approximate surface area is 126 Å². The van der Waals surface area contributed by atoms with Gasteiger partial charge in [0.15, 0.2) is 5.16 Å². The van der Waals surface area contributed by atoms with E-state index in [0.717, 1.165) is 34.9 Å². The Hall–Kier alpha value is -1.10. The summed E-state index contributed by atoms with van der Waals surface area (Å²) in [4.78, 5) is 20.8. The lowest BCUT2D eigenvalue weighted by Crippen LogP contribution is -2.32. The molecule has 112 valence electrons. The van der Waals surface area contributed by atoms with Crippen molar-refractivity contribution in [3.63, 3.8) is 0 Å². The highest BCUT2D eigenvalue weighted by Gasteiger charge is 2.11. The number of rotatable bonds is 7. The van der Waals surface area contributed by atoms with Crippen LogP contribution >= 0.6 is 11.8 Å². The standard InChI is InChI=1S/C15H25N3OS/c1-6-7-10(2)16-14(19)9-8-13-11(3)17-15(20-5)18-12(13)4/h10H,6-9H2,1-5H3,(H,16,19). The van der Waals surface area contributed by atoms with E-state index < -0.39 is 0 Å². The fraction of sp³-hybridized carbons (Fsp3) is 0.667. The fourth-order valence-electron chi connectivity index (χ4n) is 2.25. The lowest BCUT2D eigenvalue weighted by Gasteiger charge is -2.14. The third-order valence-electron chi connectivity index (χ3n) is 3.31. The van der Waals surface area contributed by atoms with Crippen LogP contribution in [0.2, 0.25) is 0 Å². The molecule has 0 aliphatic carbocycles. The summed E-state index contributed by atoms with van der Waals surface area (Å²) in [7, 11) is 0. The molecule has 0 saturated heterocycles. The fourth-order valence-corrected chi connectivity index (χ4v) is 2.71. The molecule has 1 amide bonds. The van der Waals surface area contributed by atoms with E-state index >= 15 is 0 Å². The zero-order valence-corrected chi connectivity index (χ0v) is 13.9. The first-order chi connectivity index (χ1) is 9.47. The van der Waals surface area contributed by atoms with E-state index in [0.29, 0.717) is 12.8 Å². The van der Waals surface area contributed by atoms with Crippen LogP contribution in [0.1, 0.15) is 50.1 Å². The van der Waals surface area contributed by atoms with E-state index in [9.17, 15) is 4.79 Å². The minimum Gasteiger partial charge on any atom is -0.354 e. The van der Waals surface area contributed by atoms with Crippen LogP contribution in [0.25, 0.3) is 0 Å². The Bertz CT molecular complexity index is 439. The Morgan fingerprint density at radius 2 is 1.90 bits per heavy atom. The highest BCUT2D eigenvalue weighted by Crippen LogP contribution is 2.17. The van der Waals surface area contributed by atoms with Gasteiger partial charge >= 0.3 is 0 Å². The average Bonchev–Trinajstić information content (AvgIpc) is 2.37. The predicted molar refractivity (Wildman–Crippen MR) is 84.1 cm³/mol. The molecular weight excluding hydrogens is 270 g/mol. The normalized spacial score (nSPS) is 12.2. The van der Waals surface area contributed by atoms with Crippen molar-refractivity contribution in [2.24, 2.45) is 0 Å². The lowest BCUT2D eigenvalue weighted by atomic mass is 10.1. The number of aryl methyl sites for hydroxylation is 2. The number of carbonyl (C=O) groups excluding carboxylic acids is 1. The first kappa shape index (κ1) is 17.0. The zero-order chi connectivity index (χ0) is 15.1. The first-order valence-corrected chi connectivity index (χ1v) is 8.37. The predicted octanol–water partition coefficient (Wildman–Crippen LogP) is 3.05. The molecule has 1 rings (SSSR count). The van der Waals surface area contributed by atoms with Crippen molar-refractivity contribution >= 4 is 17.7 Å². The summed E-state index contributed by atoms with van der Waals surface area (Å²) in [5.74, 6) is 0.110. The van der Waals surface area contributed by atoms with E-state index in [4.69, 9.17) is 0 Å². The van der Waals surface area contributed by atoms with Crippen LogP contribution in [-0.4, -0.2) is 28.2 Å². The molecule has 1 atom stereocenters. The van der Waals surface area contributed by atoms with Gasteiger partial charge in [-0.25, -0.2) is 9.97 Å².